The normalized spacial score (nSPS) is 14.6. The summed E-state index contributed by atoms with van der Waals surface area (Å²) < 4.78 is 0. The Bertz CT molecular complexity index is 501. The van der Waals surface area contributed by atoms with Gasteiger partial charge in [-0.25, -0.2) is 0 Å². The lowest BCUT2D eigenvalue weighted by Crippen LogP contribution is -2.26. The maximum Gasteiger partial charge on any atom is 0.230 e. The smallest absolute Gasteiger partial charge is 0.230 e. The molecule has 0 fully saturated rings. The monoisotopic (exact) mass is 323 g/mol. The van der Waals surface area contributed by atoms with Crippen molar-refractivity contribution >= 4 is 29.3 Å². The summed E-state index contributed by atoms with van der Waals surface area (Å²) in [6, 6.07) is 7.78. The minimum atomic E-state index is 0.124. The van der Waals surface area contributed by atoms with Gasteiger partial charge in [0.05, 0.1) is 5.75 Å². The first-order valence-corrected chi connectivity index (χ1v) is 9.04. The number of halogens is 1. The number of hydrogen-bond donors (Lipinski definition) is 1. The molecule has 0 saturated heterocycles. The van der Waals surface area contributed by atoms with Crippen LogP contribution in [-0.4, -0.2) is 18.2 Å². The van der Waals surface area contributed by atoms with Crippen molar-refractivity contribution in [1.82, 2.24) is 5.32 Å². The highest BCUT2D eigenvalue weighted by molar-refractivity contribution is 7.99. The summed E-state index contributed by atoms with van der Waals surface area (Å²) in [6.07, 6.45) is 8.37. The fourth-order valence-electron chi connectivity index (χ4n) is 2.43. The molecule has 1 aliphatic rings. The molecule has 0 bridgehead atoms. The lowest BCUT2D eigenvalue weighted by molar-refractivity contribution is -0.118. The van der Waals surface area contributed by atoms with Crippen molar-refractivity contribution in [2.24, 2.45) is 0 Å². The van der Waals surface area contributed by atoms with Crippen molar-refractivity contribution in [3.63, 3.8) is 0 Å². The fraction of sp³-hybridized carbons (Fsp3) is 0.471. The molecule has 1 N–H and O–H groups in total. The van der Waals surface area contributed by atoms with Crippen molar-refractivity contribution in [3.8, 4) is 0 Å². The van der Waals surface area contributed by atoms with E-state index < -0.39 is 0 Å². The average Bonchev–Trinajstić information content (AvgIpc) is 2.48. The second-order valence-electron chi connectivity index (χ2n) is 5.33. The molecular weight excluding hydrogens is 302 g/mol. The van der Waals surface area contributed by atoms with E-state index in [4.69, 9.17) is 11.6 Å². The summed E-state index contributed by atoms with van der Waals surface area (Å²) >= 11 is 7.56. The Hall–Kier alpha value is -0.930. The zero-order chi connectivity index (χ0) is 14.9. The van der Waals surface area contributed by atoms with E-state index in [1.54, 1.807) is 11.8 Å². The van der Waals surface area contributed by atoms with Crippen LogP contribution in [0.4, 0.5) is 0 Å². The highest BCUT2D eigenvalue weighted by Crippen LogP contribution is 2.19. The molecule has 0 aliphatic heterocycles. The largest absolute Gasteiger partial charge is 0.355 e. The Kier molecular flexibility index (Phi) is 7.17. The SMILES string of the molecule is O=C(CSCc1cccc(Cl)c1)NCCC1=CCCCC1. The van der Waals surface area contributed by atoms with Crippen molar-refractivity contribution in [2.75, 3.05) is 12.3 Å². The van der Waals surface area contributed by atoms with Gasteiger partial charge in [0.15, 0.2) is 0 Å². The summed E-state index contributed by atoms with van der Waals surface area (Å²) in [4.78, 5) is 11.8. The predicted molar refractivity (Wildman–Crippen MR) is 91.8 cm³/mol. The van der Waals surface area contributed by atoms with E-state index in [2.05, 4.69) is 11.4 Å². The molecule has 0 saturated carbocycles. The van der Waals surface area contributed by atoms with Gasteiger partial charge in [-0.15, -0.1) is 11.8 Å². The third-order valence-corrected chi connectivity index (χ3v) is 4.78. The van der Waals surface area contributed by atoms with Gasteiger partial charge in [0, 0.05) is 17.3 Å². The Labute approximate surface area is 136 Å². The molecule has 4 heteroatoms. The number of carbonyl (C=O) groups is 1. The molecule has 1 aromatic carbocycles. The Balaban J connectivity index is 1.58. The van der Waals surface area contributed by atoms with Crippen molar-refractivity contribution in [1.29, 1.82) is 0 Å². The quantitative estimate of drug-likeness (QED) is 0.744. The van der Waals surface area contributed by atoms with Crippen LogP contribution in [0.2, 0.25) is 5.02 Å². The second-order valence-corrected chi connectivity index (χ2v) is 6.75. The number of thioether (sulfide) groups is 1. The van der Waals surface area contributed by atoms with Gasteiger partial charge in [-0.3, -0.25) is 4.79 Å². The van der Waals surface area contributed by atoms with Crippen LogP contribution in [0.1, 0.15) is 37.7 Å². The molecule has 0 heterocycles. The van der Waals surface area contributed by atoms with Crippen LogP contribution in [0.15, 0.2) is 35.9 Å². The predicted octanol–water partition coefficient (Wildman–Crippen LogP) is 4.58. The van der Waals surface area contributed by atoms with Crippen LogP contribution < -0.4 is 5.32 Å². The van der Waals surface area contributed by atoms with Gasteiger partial charge < -0.3 is 5.32 Å². The third kappa shape index (κ3) is 6.58. The molecule has 0 unspecified atom stereocenters. The van der Waals surface area contributed by atoms with Crippen LogP contribution in [-0.2, 0) is 10.5 Å². The molecule has 2 nitrogen and oxygen atoms in total. The van der Waals surface area contributed by atoms with E-state index in [1.165, 1.54) is 31.3 Å². The standard InChI is InChI=1S/C17H22ClNOS/c18-16-8-4-7-15(11-16)12-21-13-17(20)19-10-9-14-5-2-1-3-6-14/h4-5,7-8,11H,1-3,6,9-10,12-13H2,(H,19,20). The van der Waals surface area contributed by atoms with E-state index in [0.29, 0.717) is 5.75 Å². The molecule has 0 spiro atoms. The summed E-state index contributed by atoms with van der Waals surface area (Å²) in [6.45, 7) is 0.766. The number of hydrogen-bond acceptors (Lipinski definition) is 2. The first-order chi connectivity index (χ1) is 10.2. The summed E-state index contributed by atoms with van der Waals surface area (Å²) in [5, 5.41) is 3.75. The molecule has 1 amide bonds. The lowest BCUT2D eigenvalue weighted by atomic mass is 9.97. The summed E-state index contributed by atoms with van der Waals surface area (Å²) in [7, 11) is 0. The third-order valence-electron chi connectivity index (χ3n) is 3.54. The van der Waals surface area contributed by atoms with E-state index >= 15 is 0 Å². The highest BCUT2D eigenvalue weighted by atomic mass is 35.5. The Morgan fingerprint density at radius 2 is 2.24 bits per heavy atom. The van der Waals surface area contributed by atoms with Gasteiger partial charge in [-0.05, 0) is 49.8 Å². The number of nitrogens with one attached hydrogen (secondary N) is 1. The van der Waals surface area contributed by atoms with Crippen LogP contribution in [0.5, 0.6) is 0 Å². The number of carbonyl (C=O) groups excluding carboxylic acids is 1. The van der Waals surface area contributed by atoms with Gasteiger partial charge in [0.2, 0.25) is 5.91 Å². The number of benzene rings is 1. The van der Waals surface area contributed by atoms with E-state index in [-0.39, 0.29) is 5.91 Å². The molecular formula is C17H22ClNOS. The molecule has 0 radical (unpaired) electrons. The zero-order valence-corrected chi connectivity index (χ0v) is 13.8. The molecule has 0 aromatic heterocycles. The Morgan fingerprint density at radius 1 is 1.33 bits per heavy atom. The second kappa shape index (κ2) is 9.16. The average molecular weight is 324 g/mol. The number of rotatable bonds is 7. The van der Waals surface area contributed by atoms with Gasteiger partial charge in [-0.1, -0.05) is 35.4 Å². The maximum atomic E-state index is 11.8. The maximum absolute atomic E-state index is 11.8. The van der Waals surface area contributed by atoms with Crippen molar-refractivity contribution in [2.45, 2.75) is 37.9 Å². The number of amides is 1. The number of allylic oxidation sites excluding steroid dienone is 1. The van der Waals surface area contributed by atoms with E-state index in [1.807, 2.05) is 24.3 Å². The zero-order valence-electron chi connectivity index (χ0n) is 12.2. The molecule has 2 rings (SSSR count). The minimum absolute atomic E-state index is 0.124. The fourth-order valence-corrected chi connectivity index (χ4v) is 3.45. The molecule has 0 atom stereocenters. The molecule has 1 aromatic rings. The summed E-state index contributed by atoms with van der Waals surface area (Å²) in [5.74, 6) is 1.45. The highest BCUT2D eigenvalue weighted by Gasteiger charge is 2.05. The first-order valence-electron chi connectivity index (χ1n) is 7.51. The molecule has 21 heavy (non-hydrogen) atoms. The van der Waals surface area contributed by atoms with Gasteiger partial charge in [0.25, 0.3) is 0 Å². The lowest BCUT2D eigenvalue weighted by Gasteiger charge is -2.12. The molecule has 1 aliphatic carbocycles. The molecule has 114 valence electrons. The van der Waals surface area contributed by atoms with E-state index in [0.717, 1.165) is 29.3 Å². The van der Waals surface area contributed by atoms with Crippen LogP contribution in [0.25, 0.3) is 0 Å². The van der Waals surface area contributed by atoms with E-state index in [9.17, 15) is 4.79 Å². The van der Waals surface area contributed by atoms with Gasteiger partial charge in [-0.2, -0.15) is 0 Å². The van der Waals surface area contributed by atoms with Gasteiger partial charge in [0.1, 0.15) is 0 Å². The topological polar surface area (TPSA) is 29.1 Å². The van der Waals surface area contributed by atoms with Gasteiger partial charge >= 0.3 is 0 Å². The van der Waals surface area contributed by atoms with Crippen molar-refractivity contribution in [3.05, 3.63) is 46.5 Å². The Morgan fingerprint density at radius 3 is 3.00 bits per heavy atom. The summed E-state index contributed by atoms with van der Waals surface area (Å²) in [5.41, 5.74) is 2.67. The van der Waals surface area contributed by atoms with Crippen molar-refractivity contribution < 1.29 is 4.79 Å². The van der Waals surface area contributed by atoms with Crippen LogP contribution >= 0.6 is 23.4 Å². The van der Waals surface area contributed by atoms with Crippen LogP contribution in [0, 0.1) is 0 Å². The minimum Gasteiger partial charge on any atom is -0.355 e. The van der Waals surface area contributed by atoms with Crippen LogP contribution in [0.3, 0.4) is 0 Å². The first kappa shape index (κ1) is 16.4.